The van der Waals surface area contributed by atoms with E-state index in [9.17, 15) is 0 Å². The van der Waals surface area contributed by atoms with Crippen LogP contribution < -0.4 is 10.5 Å². The summed E-state index contributed by atoms with van der Waals surface area (Å²) < 4.78 is 6.66. The molecule has 16 heavy (non-hydrogen) atoms. The van der Waals surface area contributed by atoms with Crippen molar-refractivity contribution in [3.05, 3.63) is 36.4 Å². The summed E-state index contributed by atoms with van der Waals surface area (Å²) in [4.78, 5) is 3.85. The van der Waals surface area contributed by atoms with Crippen LogP contribution in [-0.4, -0.2) is 27.7 Å². The van der Waals surface area contributed by atoms with Gasteiger partial charge in [-0.1, -0.05) is 0 Å². The maximum absolute atomic E-state index is 7.48. The van der Waals surface area contributed by atoms with E-state index in [0.29, 0.717) is 17.0 Å². The number of hydrogen-bond acceptors (Lipinski definition) is 4. The van der Waals surface area contributed by atoms with Crippen molar-refractivity contribution in [2.24, 2.45) is 5.73 Å². The average Bonchev–Trinajstić information content (AvgIpc) is 2.81. The monoisotopic (exact) mass is 217 g/mol. The van der Waals surface area contributed by atoms with Crippen LogP contribution >= 0.6 is 0 Å². The highest BCUT2D eigenvalue weighted by atomic mass is 16.5. The number of ether oxygens (including phenoxy) is 1. The van der Waals surface area contributed by atoms with E-state index in [0.717, 1.165) is 0 Å². The fraction of sp³-hybridized carbons (Fsp3) is 0.100. The third kappa shape index (κ3) is 1.72. The van der Waals surface area contributed by atoms with Gasteiger partial charge in [-0.05, 0) is 12.1 Å². The molecule has 6 nitrogen and oxygen atoms in total. The van der Waals surface area contributed by atoms with Crippen LogP contribution in [0, 0.1) is 5.41 Å². The summed E-state index contributed by atoms with van der Waals surface area (Å²) in [7, 11) is 1.58. The number of nitrogens with two attached hydrogens (primary N) is 1. The van der Waals surface area contributed by atoms with E-state index in [1.807, 2.05) is 0 Å². The van der Waals surface area contributed by atoms with Crippen LogP contribution in [0.2, 0.25) is 0 Å². The van der Waals surface area contributed by atoms with E-state index in [4.69, 9.17) is 15.9 Å². The first kappa shape index (κ1) is 10.2. The van der Waals surface area contributed by atoms with Crippen LogP contribution in [0.3, 0.4) is 0 Å². The lowest BCUT2D eigenvalue weighted by atomic mass is 10.1. The Hall–Kier alpha value is -2.37. The molecular formula is C10H11N5O. The van der Waals surface area contributed by atoms with Crippen molar-refractivity contribution in [2.75, 3.05) is 7.11 Å². The summed E-state index contributed by atoms with van der Waals surface area (Å²) >= 11 is 0. The Balaban J connectivity index is 2.59. The first-order chi connectivity index (χ1) is 7.72. The Bertz CT molecular complexity index is 506. The van der Waals surface area contributed by atoms with Gasteiger partial charge in [0, 0.05) is 11.6 Å². The lowest BCUT2D eigenvalue weighted by molar-refractivity contribution is 0.414. The van der Waals surface area contributed by atoms with Crippen molar-refractivity contribution < 1.29 is 4.74 Å². The molecule has 0 aliphatic carbocycles. The van der Waals surface area contributed by atoms with Gasteiger partial charge in [-0.3, -0.25) is 5.41 Å². The molecule has 0 radical (unpaired) electrons. The van der Waals surface area contributed by atoms with Crippen molar-refractivity contribution in [2.45, 2.75) is 0 Å². The van der Waals surface area contributed by atoms with Crippen molar-refractivity contribution in [1.82, 2.24) is 14.8 Å². The summed E-state index contributed by atoms with van der Waals surface area (Å²) in [6.45, 7) is 0. The standard InChI is InChI=1S/C10H11N5O/c1-16-7-2-3-8(10(11)12)9(4-7)15-6-13-5-14-15/h2-6H,1H3,(H3,11,12). The number of benzene rings is 1. The number of rotatable bonds is 3. The van der Waals surface area contributed by atoms with Gasteiger partial charge < -0.3 is 10.5 Å². The number of amidine groups is 1. The minimum atomic E-state index is -0.0202. The first-order valence-electron chi connectivity index (χ1n) is 4.60. The summed E-state index contributed by atoms with van der Waals surface area (Å²) in [6, 6.07) is 5.22. The van der Waals surface area contributed by atoms with E-state index < -0.39 is 0 Å². The Morgan fingerprint density at radius 1 is 1.50 bits per heavy atom. The molecular weight excluding hydrogens is 206 g/mol. The van der Waals surface area contributed by atoms with Gasteiger partial charge in [-0.2, -0.15) is 5.10 Å². The molecule has 0 saturated heterocycles. The molecule has 0 spiro atoms. The maximum Gasteiger partial charge on any atom is 0.138 e. The molecule has 1 heterocycles. The van der Waals surface area contributed by atoms with Crippen LogP contribution in [0.1, 0.15) is 5.56 Å². The zero-order valence-corrected chi connectivity index (χ0v) is 8.71. The first-order valence-corrected chi connectivity index (χ1v) is 4.60. The highest BCUT2D eigenvalue weighted by Gasteiger charge is 2.09. The molecule has 6 heteroatoms. The molecule has 2 rings (SSSR count). The molecule has 1 aromatic heterocycles. The third-order valence-electron chi connectivity index (χ3n) is 2.16. The summed E-state index contributed by atoms with van der Waals surface area (Å²) in [5.41, 5.74) is 6.75. The zero-order valence-electron chi connectivity index (χ0n) is 8.71. The second kappa shape index (κ2) is 4.01. The number of nitrogens with zero attached hydrogens (tertiary/aromatic N) is 3. The van der Waals surface area contributed by atoms with Crippen LogP contribution in [0.25, 0.3) is 5.69 Å². The summed E-state index contributed by atoms with van der Waals surface area (Å²) in [5, 5.41) is 11.5. The number of aromatic nitrogens is 3. The molecule has 0 atom stereocenters. The molecule has 0 amide bonds. The molecule has 0 aliphatic rings. The number of hydrogen-bond donors (Lipinski definition) is 2. The Morgan fingerprint density at radius 2 is 2.31 bits per heavy atom. The van der Waals surface area contributed by atoms with Crippen LogP contribution in [0.4, 0.5) is 0 Å². The van der Waals surface area contributed by atoms with E-state index >= 15 is 0 Å². The number of methoxy groups -OCH3 is 1. The van der Waals surface area contributed by atoms with Crippen LogP contribution in [-0.2, 0) is 0 Å². The molecule has 1 aromatic carbocycles. The van der Waals surface area contributed by atoms with Crippen molar-refractivity contribution in [3.8, 4) is 11.4 Å². The number of nitrogens with one attached hydrogen (secondary N) is 1. The van der Waals surface area contributed by atoms with E-state index in [-0.39, 0.29) is 5.84 Å². The lowest BCUT2D eigenvalue weighted by Gasteiger charge is -2.09. The minimum Gasteiger partial charge on any atom is -0.497 e. The molecule has 0 bridgehead atoms. The number of nitrogen functional groups attached to an aromatic ring is 1. The molecule has 82 valence electrons. The van der Waals surface area contributed by atoms with Crippen LogP contribution in [0.15, 0.2) is 30.9 Å². The Kier molecular flexibility index (Phi) is 2.55. The average molecular weight is 217 g/mol. The van der Waals surface area contributed by atoms with E-state index in [1.54, 1.807) is 36.3 Å². The lowest BCUT2D eigenvalue weighted by Crippen LogP contribution is -2.15. The fourth-order valence-corrected chi connectivity index (χ4v) is 1.39. The van der Waals surface area contributed by atoms with Gasteiger partial charge >= 0.3 is 0 Å². The largest absolute Gasteiger partial charge is 0.497 e. The summed E-state index contributed by atoms with van der Waals surface area (Å²) in [5.74, 6) is 0.656. The van der Waals surface area contributed by atoms with E-state index in [2.05, 4.69) is 10.1 Å². The maximum atomic E-state index is 7.48. The smallest absolute Gasteiger partial charge is 0.138 e. The van der Waals surface area contributed by atoms with Crippen molar-refractivity contribution in [1.29, 1.82) is 5.41 Å². The van der Waals surface area contributed by atoms with Crippen LogP contribution in [0.5, 0.6) is 5.75 Å². The van der Waals surface area contributed by atoms with Gasteiger partial charge in [0.15, 0.2) is 0 Å². The Morgan fingerprint density at radius 3 is 2.88 bits per heavy atom. The quantitative estimate of drug-likeness (QED) is 0.580. The highest BCUT2D eigenvalue weighted by Crippen LogP contribution is 2.20. The molecule has 0 aliphatic heterocycles. The molecule has 3 N–H and O–H groups in total. The minimum absolute atomic E-state index is 0.0202. The van der Waals surface area contributed by atoms with Gasteiger partial charge in [-0.25, -0.2) is 9.67 Å². The van der Waals surface area contributed by atoms with E-state index in [1.165, 1.54) is 6.33 Å². The van der Waals surface area contributed by atoms with Gasteiger partial charge in [0.05, 0.1) is 12.8 Å². The zero-order chi connectivity index (χ0) is 11.5. The van der Waals surface area contributed by atoms with Gasteiger partial charge in [-0.15, -0.1) is 0 Å². The molecule has 2 aromatic rings. The Labute approximate surface area is 92.2 Å². The predicted octanol–water partition coefficient (Wildman–Crippen LogP) is 0.560. The fourth-order valence-electron chi connectivity index (χ4n) is 1.39. The topological polar surface area (TPSA) is 89.8 Å². The van der Waals surface area contributed by atoms with Gasteiger partial charge in [0.1, 0.15) is 24.2 Å². The normalized spacial score (nSPS) is 10.1. The second-order valence-corrected chi connectivity index (χ2v) is 3.14. The molecule has 0 unspecified atom stereocenters. The highest BCUT2D eigenvalue weighted by molar-refractivity contribution is 5.98. The summed E-state index contributed by atoms with van der Waals surface area (Å²) in [6.07, 6.45) is 2.96. The van der Waals surface area contributed by atoms with Gasteiger partial charge in [0.2, 0.25) is 0 Å². The second-order valence-electron chi connectivity index (χ2n) is 3.14. The van der Waals surface area contributed by atoms with Crippen molar-refractivity contribution in [3.63, 3.8) is 0 Å². The molecule has 0 fully saturated rings. The SMILES string of the molecule is COc1ccc(C(=N)N)c(-n2cncn2)c1. The van der Waals surface area contributed by atoms with Gasteiger partial charge in [0.25, 0.3) is 0 Å². The predicted molar refractivity (Wildman–Crippen MR) is 58.9 cm³/mol. The molecule has 0 saturated carbocycles. The third-order valence-corrected chi connectivity index (χ3v) is 2.16. The van der Waals surface area contributed by atoms with Crippen molar-refractivity contribution >= 4 is 5.84 Å².